The molecule has 2 rings (SSSR count). The second kappa shape index (κ2) is 6.76. The smallest absolute Gasteiger partial charge is 0.251 e. The van der Waals surface area contributed by atoms with E-state index in [0.29, 0.717) is 24.2 Å². The molecule has 4 N–H and O–H groups in total. The molecule has 0 saturated carbocycles. The van der Waals surface area contributed by atoms with Gasteiger partial charge in [0.25, 0.3) is 5.91 Å². The number of para-hydroxylation sites is 1. The summed E-state index contributed by atoms with van der Waals surface area (Å²) < 4.78 is 0. The molecule has 0 heterocycles. The van der Waals surface area contributed by atoms with Crippen molar-refractivity contribution in [1.29, 1.82) is 0 Å². The Hall–Kier alpha value is -2.53. The molecule has 0 saturated heterocycles. The lowest BCUT2D eigenvalue weighted by Gasteiger charge is -2.08. The molecule has 0 fully saturated rings. The monoisotopic (exact) mass is 286 g/mol. The molecule has 0 radical (unpaired) electrons. The van der Waals surface area contributed by atoms with Crippen molar-refractivity contribution in [2.24, 2.45) is 0 Å². The molecule has 5 heteroatoms. The van der Waals surface area contributed by atoms with Crippen LogP contribution in [0.25, 0.3) is 0 Å². The van der Waals surface area contributed by atoms with Crippen LogP contribution >= 0.6 is 0 Å². The second-order valence-electron chi connectivity index (χ2n) is 4.66. The van der Waals surface area contributed by atoms with Gasteiger partial charge in [-0.15, -0.1) is 0 Å². The zero-order chi connectivity index (χ0) is 15.2. The van der Waals surface area contributed by atoms with Crippen LogP contribution in [-0.4, -0.2) is 23.2 Å². The standard InChI is InChI=1S/C16H18N2O3/c1-17-16(21)12-7-5-11(6-8-12)9-18-10-13-3-2-4-14(19)15(13)20/h2-8,18-20H,9-10H2,1H3,(H,17,21). The van der Waals surface area contributed by atoms with Crippen LogP contribution in [-0.2, 0) is 13.1 Å². The van der Waals surface area contributed by atoms with E-state index in [2.05, 4.69) is 10.6 Å². The summed E-state index contributed by atoms with van der Waals surface area (Å²) in [5.41, 5.74) is 2.28. The van der Waals surface area contributed by atoms with Crippen molar-refractivity contribution < 1.29 is 15.0 Å². The normalized spacial score (nSPS) is 10.3. The first kappa shape index (κ1) is 14.9. The van der Waals surface area contributed by atoms with Crippen LogP contribution in [0.1, 0.15) is 21.5 Å². The van der Waals surface area contributed by atoms with Gasteiger partial charge in [-0.1, -0.05) is 24.3 Å². The van der Waals surface area contributed by atoms with E-state index in [0.717, 1.165) is 5.56 Å². The van der Waals surface area contributed by atoms with Gasteiger partial charge in [0.1, 0.15) is 0 Å². The molecule has 1 amide bonds. The van der Waals surface area contributed by atoms with Crippen LogP contribution < -0.4 is 10.6 Å². The summed E-state index contributed by atoms with van der Waals surface area (Å²) in [5.74, 6) is -0.330. The Bertz CT molecular complexity index is 624. The zero-order valence-corrected chi connectivity index (χ0v) is 11.8. The van der Waals surface area contributed by atoms with Crippen molar-refractivity contribution in [2.75, 3.05) is 7.05 Å². The topological polar surface area (TPSA) is 81.6 Å². The van der Waals surface area contributed by atoms with Gasteiger partial charge in [0.15, 0.2) is 11.5 Å². The van der Waals surface area contributed by atoms with Gasteiger partial charge in [-0.2, -0.15) is 0 Å². The van der Waals surface area contributed by atoms with E-state index >= 15 is 0 Å². The number of carbonyl (C=O) groups excluding carboxylic acids is 1. The fourth-order valence-corrected chi connectivity index (χ4v) is 1.98. The van der Waals surface area contributed by atoms with Crippen molar-refractivity contribution in [3.8, 4) is 11.5 Å². The van der Waals surface area contributed by atoms with Crippen molar-refractivity contribution in [2.45, 2.75) is 13.1 Å². The highest BCUT2D eigenvalue weighted by molar-refractivity contribution is 5.93. The number of hydrogen-bond donors (Lipinski definition) is 4. The number of nitrogens with one attached hydrogen (secondary N) is 2. The van der Waals surface area contributed by atoms with Crippen LogP contribution in [0.3, 0.4) is 0 Å². The molecular weight excluding hydrogens is 268 g/mol. The van der Waals surface area contributed by atoms with Gasteiger partial charge in [-0.25, -0.2) is 0 Å². The van der Waals surface area contributed by atoms with Crippen molar-refractivity contribution in [3.63, 3.8) is 0 Å². The Morgan fingerprint density at radius 3 is 2.43 bits per heavy atom. The van der Waals surface area contributed by atoms with E-state index in [4.69, 9.17) is 0 Å². The fourth-order valence-electron chi connectivity index (χ4n) is 1.98. The highest BCUT2D eigenvalue weighted by Crippen LogP contribution is 2.27. The Morgan fingerprint density at radius 1 is 1.05 bits per heavy atom. The molecule has 0 aliphatic rings. The summed E-state index contributed by atoms with van der Waals surface area (Å²) in [6.07, 6.45) is 0. The predicted octanol–water partition coefficient (Wildman–Crippen LogP) is 1.75. The van der Waals surface area contributed by atoms with Gasteiger partial charge in [0.05, 0.1) is 0 Å². The molecule has 0 aromatic heterocycles. The van der Waals surface area contributed by atoms with Crippen LogP contribution in [0.4, 0.5) is 0 Å². The number of amides is 1. The third-order valence-electron chi connectivity index (χ3n) is 3.19. The molecule has 5 nitrogen and oxygen atoms in total. The summed E-state index contributed by atoms with van der Waals surface area (Å²) in [6.45, 7) is 1.04. The Balaban J connectivity index is 1.91. The average molecular weight is 286 g/mol. The molecule has 0 spiro atoms. The van der Waals surface area contributed by atoms with E-state index in [1.807, 2.05) is 12.1 Å². The number of hydrogen-bond acceptors (Lipinski definition) is 4. The van der Waals surface area contributed by atoms with E-state index in [1.54, 1.807) is 31.3 Å². The lowest BCUT2D eigenvalue weighted by Crippen LogP contribution is -2.18. The first-order chi connectivity index (χ1) is 10.1. The van der Waals surface area contributed by atoms with Gasteiger partial charge < -0.3 is 20.8 Å². The minimum absolute atomic E-state index is 0.0973. The number of rotatable bonds is 5. The molecular formula is C16H18N2O3. The minimum Gasteiger partial charge on any atom is -0.504 e. The van der Waals surface area contributed by atoms with Crippen LogP contribution in [0.2, 0.25) is 0 Å². The van der Waals surface area contributed by atoms with Gasteiger partial charge in [0, 0.05) is 31.3 Å². The summed E-state index contributed by atoms with van der Waals surface area (Å²) in [7, 11) is 1.60. The molecule has 2 aromatic carbocycles. The maximum absolute atomic E-state index is 11.4. The number of phenolic OH excluding ortho intramolecular Hbond substituents is 2. The number of carbonyl (C=O) groups is 1. The van der Waals surface area contributed by atoms with Crippen molar-refractivity contribution in [1.82, 2.24) is 10.6 Å². The highest BCUT2D eigenvalue weighted by Gasteiger charge is 2.05. The van der Waals surface area contributed by atoms with E-state index in [9.17, 15) is 15.0 Å². The molecule has 0 unspecified atom stereocenters. The van der Waals surface area contributed by atoms with Crippen LogP contribution in [0.5, 0.6) is 11.5 Å². The zero-order valence-electron chi connectivity index (χ0n) is 11.8. The van der Waals surface area contributed by atoms with Crippen LogP contribution in [0.15, 0.2) is 42.5 Å². The second-order valence-corrected chi connectivity index (χ2v) is 4.66. The number of phenols is 2. The van der Waals surface area contributed by atoms with Gasteiger partial charge in [-0.05, 0) is 23.8 Å². The Kier molecular flexibility index (Phi) is 4.79. The van der Waals surface area contributed by atoms with E-state index < -0.39 is 0 Å². The first-order valence-corrected chi connectivity index (χ1v) is 6.63. The summed E-state index contributed by atoms with van der Waals surface area (Å²) in [6, 6.07) is 12.2. The minimum atomic E-state index is -0.121. The van der Waals surface area contributed by atoms with Crippen LogP contribution in [0, 0.1) is 0 Å². The molecule has 21 heavy (non-hydrogen) atoms. The molecule has 0 aliphatic heterocycles. The Morgan fingerprint density at radius 2 is 1.76 bits per heavy atom. The van der Waals surface area contributed by atoms with E-state index in [-0.39, 0.29) is 17.4 Å². The third kappa shape index (κ3) is 3.73. The quantitative estimate of drug-likeness (QED) is 0.631. The van der Waals surface area contributed by atoms with Gasteiger partial charge in [-0.3, -0.25) is 4.79 Å². The summed E-state index contributed by atoms with van der Waals surface area (Å²) in [4.78, 5) is 11.4. The van der Waals surface area contributed by atoms with Gasteiger partial charge >= 0.3 is 0 Å². The van der Waals surface area contributed by atoms with E-state index in [1.165, 1.54) is 6.07 Å². The number of benzene rings is 2. The molecule has 0 aliphatic carbocycles. The fraction of sp³-hybridized carbons (Fsp3) is 0.188. The van der Waals surface area contributed by atoms with Crippen molar-refractivity contribution >= 4 is 5.91 Å². The Labute approximate surface area is 123 Å². The third-order valence-corrected chi connectivity index (χ3v) is 3.19. The van der Waals surface area contributed by atoms with Crippen molar-refractivity contribution in [3.05, 3.63) is 59.2 Å². The maximum Gasteiger partial charge on any atom is 0.251 e. The lowest BCUT2D eigenvalue weighted by molar-refractivity contribution is 0.0963. The highest BCUT2D eigenvalue weighted by atomic mass is 16.3. The summed E-state index contributed by atoms with van der Waals surface area (Å²) >= 11 is 0. The predicted molar refractivity (Wildman–Crippen MR) is 80.1 cm³/mol. The van der Waals surface area contributed by atoms with Gasteiger partial charge in [0.2, 0.25) is 0 Å². The largest absolute Gasteiger partial charge is 0.504 e. The maximum atomic E-state index is 11.4. The molecule has 0 bridgehead atoms. The molecule has 0 atom stereocenters. The SMILES string of the molecule is CNC(=O)c1ccc(CNCc2cccc(O)c2O)cc1. The summed E-state index contributed by atoms with van der Waals surface area (Å²) in [5, 5.41) is 24.8. The lowest BCUT2D eigenvalue weighted by atomic mass is 10.1. The first-order valence-electron chi connectivity index (χ1n) is 6.63. The number of aromatic hydroxyl groups is 2. The molecule has 110 valence electrons. The average Bonchev–Trinajstić information content (AvgIpc) is 2.51. The molecule has 2 aromatic rings.